The van der Waals surface area contributed by atoms with Gasteiger partial charge in [-0.05, 0) is 0 Å². The summed E-state index contributed by atoms with van der Waals surface area (Å²) in [6, 6.07) is 17.3. The van der Waals surface area contributed by atoms with Crippen molar-refractivity contribution >= 4 is 128 Å². The van der Waals surface area contributed by atoms with E-state index < -0.39 is 43.4 Å². The first-order chi connectivity index (χ1) is 45.4. The van der Waals surface area contributed by atoms with Crippen LogP contribution in [0.4, 0.5) is 0 Å². The molecule has 2 saturated heterocycles. The molecule has 4 aromatic carbocycles. The zero-order chi connectivity index (χ0) is 67.5. The van der Waals surface area contributed by atoms with Gasteiger partial charge in [-0.15, -0.1) is 0 Å². The van der Waals surface area contributed by atoms with Crippen molar-refractivity contribution < 1.29 is 14.7 Å². The molecule has 95 heavy (non-hydrogen) atoms. The quantitative estimate of drug-likeness (QED) is 0.124. The Kier molecular flexibility index (Phi) is 17.7. The number of allylic oxidation sites excluding steroid dienone is 32. The molecule has 0 saturated carbocycles. The van der Waals surface area contributed by atoms with Crippen LogP contribution in [-0.4, -0.2) is 17.6 Å². The van der Waals surface area contributed by atoms with E-state index in [1.807, 2.05) is 0 Å². The van der Waals surface area contributed by atoms with Gasteiger partial charge in [-0.2, -0.15) is 0 Å². The van der Waals surface area contributed by atoms with E-state index in [0.717, 1.165) is 95.9 Å². The van der Waals surface area contributed by atoms with Crippen molar-refractivity contribution in [2.24, 2.45) is 0 Å². The fraction of sp³-hybridized carbons (Fsp3) is 0.317. The first kappa shape index (κ1) is 69.0. The molecule has 0 amide bonds. The Morgan fingerprint density at radius 1 is 0.326 bits per heavy atom. The van der Waals surface area contributed by atoms with Gasteiger partial charge in [0.15, 0.2) is 0 Å². The van der Waals surface area contributed by atoms with E-state index in [1.54, 1.807) is 0 Å². The summed E-state index contributed by atoms with van der Waals surface area (Å²) in [5.74, 6) is -0.971. The van der Waals surface area contributed by atoms with E-state index in [2.05, 4.69) is 239 Å². The summed E-state index contributed by atoms with van der Waals surface area (Å²) < 4.78 is -3.49. The van der Waals surface area contributed by atoms with Gasteiger partial charge in [0.05, 0.1) is 0 Å². The molecule has 10 aliphatic rings. The molecule has 0 nitrogen and oxygen atoms in total. The van der Waals surface area contributed by atoms with Crippen LogP contribution in [0.3, 0.4) is 0 Å². The molecule has 13 heteroatoms. The Morgan fingerprint density at radius 3 is 0.695 bits per heavy atom. The Bertz CT molecular complexity index is 4000. The van der Waals surface area contributed by atoms with Crippen molar-refractivity contribution in [1.82, 2.24) is 0 Å². The van der Waals surface area contributed by atoms with E-state index in [1.165, 1.54) is 66.9 Å². The molecule has 2 heterocycles. The van der Waals surface area contributed by atoms with Gasteiger partial charge in [0, 0.05) is 0 Å². The van der Waals surface area contributed by atoms with Gasteiger partial charge in [0.2, 0.25) is 0 Å². The summed E-state index contributed by atoms with van der Waals surface area (Å²) in [7, 11) is 17.5. The molecule has 2 fully saturated rings. The van der Waals surface area contributed by atoms with Gasteiger partial charge in [-0.3, -0.25) is 0 Å². The van der Waals surface area contributed by atoms with Gasteiger partial charge in [0.1, 0.15) is 0 Å². The predicted octanol–water partition coefficient (Wildman–Crippen LogP) is 27.8. The molecule has 8 unspecified atom stereocenters. The minimum absolute atomic E-state index is 0.243. The third-order valence-corrected chi connectivity index (χ3v) is 145. The summed E-state index contributed by atoms with van der Waals surface area (Å²) in [5, 5.41) is 5.46. The molecule has 490 valence electrons. The van der Waals surface area contributed by atoms with Gasteiger partial charge in [-0.25, -0.2) is 0 Å². The van der Waals surface area contributed by atoms with Crippen LogP contribution in [-0.2, 0) is 40.3 Å². The Morgan fingerprint density at radius 2 is 0.516 bits per heavy atom. The third-order valence-electron chi connectivity index (χ3n) is 25.2. The summed E-state index contributed by atoms with van der Waals surface area (Å²) in [4.78, 5) is 0. The van der Waals surface area contributed by atoms with Gasteiger partial charge < -0.3 is 0 Å². The SMILES string of the molecule is CCCc1c(Cl)cc(C2C=CC=CC3=C2C=C(C)[C]32[SiH](C)[C]3(C(C)=CC4=C3C=CC=CC4c3cc(Cl)c(CCC)c(Cl)c3)[Hf]23([Cl])([Cl])[C]2(C(C)=CC4=C2C=CC=CC4c2cc(Cl)c(CCC)c(Cl)c2)[SiH](C)[C]32C(C)=CC3=C2C=CC=CC3c2cc(Cl)c(CCC)c(Cl)c2)cc1Cl. The molecule has 0 radical (unpaired) electrons. The Hall–Kier alpha value is -3.08. The van der Waals surface area contributed by atoms with Crippen molar-refractivity contribution in [3.63, 3.8) is 0 Å². The van der Waals surface area contributed by atoms with Crippen LogP contribution in [0.5, 0.6) is 0 Å². The summed E-state index contributed by atoms with van der Waals surface area (Å²) in [5.41, 5.74) is 22.8. The molecule has 2 aliphatic heterocycles. The number of hydrogen-bond acceptors (Lipinski definition) is 0. The van der Waals surface area contributed by atoms with Crippen molar-refractivity contribution in [3.05, 3.63) is 322 Å². The second-order valence-electron chi connectivity index (χ2n) is 28.8. The first-order valence-corrected chi connectivity index (χ1v) is 57.9. The van der Waals surface area contributed by atoms with E-state index in [-0.39, 0.29) is 23.7 Å². The van der Waals surface area contributed by atoms with E-state index in [4.69, 9.17) is 92.8 Å². The molecule has 5 spiro atoms. The molecule has 0 bridgehead atoms. The van der Waals surface area contributed by atoms with Gasteiger partial charge >= 0.3 is 619 Å². The van der Waals surface area contributed by atoms with Gasteiger partial charge in [0.25, 0.3) is 0 Å². The van der Waals surface area contributed by atoms with Crippen molar-refractivity contribution in [1.29, 1.82) is 0 Å². The number of benzene rings is 4. The fourth-order valence-corrected chi connectivity index (χ4v) is 198. The van der Waals surface area contributed by atoms with Crippen molar-refractivity contribution in [3.8, 4) is 0 Å². The summed E-state index contributed by atoms with van der Waals surface area (Å²) in [6.07, 6.45) is 54.2. The Labute approximate surface area is 611 Å². The Balaban J connectivity index is 1.18. The zero-order valence-electron chi connectivity index (χ0n) is 55.6. The van der Waals surface area contributed by atoms with Crippen molar-refractivity contribution in [2.45, 2.75) is 155 Å². The second-order valence-corrected chi connectivity index (χ2v) is 86.4. The maximum absolute atomic E-state index is 11.5. The number of halogens is 10. The van der Waals surface area contributed by atoms with Crippen LogP contribution in [0.2, 0.25) is 64.5 Å². The monoisotopic (exact) mass is 1650 g/mol. The van der Waals surface area contributed by atoms with E-state index in [9.17, 15) is 17.2 Å². The topological polar surface area (TPSA) is 0 Å². The summed E-state index contributed by atoms with van der Waals surface area (Å²) >= 11 is 51.3. The van der Waals surface area contributed by atoms with Crippen LogP contribution in [0.15, 0.2) is 237 Å². The van der Waals surface area contributed by atoms with Crippen LogP contribution < -0.4 is 0 Å². The molecule has 8 atom stereocenters. The second kappa shape index (κ2) is 24.3. The van der Waals surface area contributed by atoms with E-state index in [0.29, 0.717) is 40.2 Å². The average Bonchev–Trinajstić information content (AvgIpc) is 1.53. The van der Waals surface area contributed by atoms with Crippen LogP contribution in [0.1, 0.15) is 149 Å². The number of fused-ring (bicyclic) bond motifs is 8. The minimum atomic E-state index is -8.05. The molecule has 0 N–H and O–H groups in total. The fourth-order valence-electron chi connectivity index (χ4n) is 23.1. The maximum atomic E-state index is 11.5. The molecular formula is C82H80Cl10HfSi2. The van der Waals surface area contributed by atoms with Crippen LogP contribution >= 0.6 is 110 Å². The average molecular weight is 1650 g/mol. The molecule has 14 rings (SSSR count). The molecule has 8 aliphatic carbocycles. The number of rotatable bonds is 12. The molecule has 4 aromatic rings. The predicted molar refractivity (Wildman–Crippen MR) is 418 cm³/mol. The third kappa shape index (κ3) is 8.16. The normalized spacial score (nSPS) is 31.2. The van der Waals surface area contributed by atoms with Crippen LogP contribution in [0, 0.1) is 0 Å². The van der Waals surface area contributed by atoms with Crippen LogP contribution in [0.25, 0.3) is 0 Å². The first-order valence-electron chi connectivity index (χ1n) is 34.2. The number of hydrogen-bond donors (Lipinski definition) is 0. The standard InChI is InChI=1S/2C41H40Cl4Si.2ClH.Hf/c2*1-6-12-32-36(42)20-26(21-37(32)43)28-14-8-10-16-30-34(28)18-24(3)40(30)46(5)41-25(4)19-35-29(15-9-11-17-31(35)41)27-22-38(44)33(13-7-2)39(45)23-27;;;/h2*8-11,14-23,28-29,46H,6-7,12-13H2,1-5H3;2*1H;/q;;;;+2/p-2. The summed E-state index contributed by atoms with van der Waals surface area (Å²) in [6.45, 7) is 23.7. The van der Waals surface area contributed by atoms with Gasteiger partial charge in [-0.1, -0.05) is 0 Å². The zero-order valence-corrected chi connectivity index (χ0v) is 69.0. The molecular weight excluding hydrogens is 1570 g/mol. The van der Waals surface area contributed by atoms with E-state index >= 15 is 0 Å². The molecule has 0 aromatic heterocycles. The van der Waals surface area contributed by atoms with Crippen molar-refractivity contribution in [2.75, 3.05) is 0 Å².